The molecule has 0 rings (SSSR count). The summed E-state index contributed by atoms with van der Waals surface area (Å²) in [5.74, 6) is -0.181. The van der Waals surface area contributed by atoms with Gasteiger partial charge in [-0.25, -0.2) is 4.57 Å². The highest BCUT2D eigenvalue weighted by molar-refractivity contribution is 7.47. The van der Waals surface area contributed by atoms with Crippen molar-refractivity contribution >= 4 is 13.7 Å². The zero-order chi connectivity index (χ0) is 55.6. The summed E-state index contributed by atoms with van der Waals surface area (Å²) in [5.41, 5.74) is 0. The number of nitrogens with one attached hydrogen (secondary N) is 1. The Kier molecular flexibility index (Phi) is 57.4. The van der Waals surface area contributed by atoms with Crippen molar-refractivity contribution in [2.75, 3.05) is 40.9 Å². The van der Waals surface area contributed by atoms with Crippen LogP contribution in [0.25, 0.3) is 0 Å². The third-order valence-electron chi connectivity index (χ3n) is 15.3. The number of rotatable bonds is 62. The largest absolute Gasteiger partial charge is 0.472 e. The van der Waals surface area contributed by atoms with E-state index in [4.69, 9.17) is 9.05 Å². The summed E-state index contributed by atoms with van der Waals surface area (Å²) >= 11 is 0. The normalized spacial score (nSPS) is 13.9. The van der Waals surface area contributed by atoms with Gasteiger partial charge in [0.1, 0.15) is 13.2 Å². The number of likely N-dealkylation sites (N-methyl/N-ethyl adjacent to an activating group) is 1. The van der Waals surface area contributed by atoms with Gasteiger partial charge in [-0.1, -0.05) is 307 Å². The fourth-order valence-corrected chi connectivity index (χ4v) is 10.9. The number of hydrogen-bond acceptors (Lipinski definition) is 5. The van der Waals surface area contributed by atoms with Gasteiger partial charge in [-0.3, -0.25) is 13.8 Å². The van der Waals surface area contributed by atoms with Crippen LogP contribution in [0, 0.1) is 0 Å². The predicted octanol–water partition coefficient (Wildman–Crippen LogP) is 20.9. The maximum atomic E-state index is 13.0. The maximum Gasteiger partial charge on any atom is 0.472 e. The van der Waals surface area contributed by atoms with E-state index in [2.05, 4.69) is 43.5 Å². The van der Waals surface area contributed by atoms with Crippen molar-refractivity contribution < 1.29 is 32.9 Å². The van der Waals surface area contributed by atoms with Crippen LogP contribution in [0.3, 0.4) is 0 Å². The van der Waals surface area contributed by atoms with E-state index >= 15 is 0 Å². The summed E-state index contributed by atoms with van der Waals surface area (Å²) in [6.45, 7) is 4.85. The van der Waals surface area contributed by atoms with Crippen LogP contribution in [-0.2, 0) is 18.4 Å². The molecule has 3 N–H and O–H groups in total. The summed E-state index contributed by atoms with van der Waals surface area (Å²) in [6.07, 6.45) is 77.1. The molecule has 0 saturated heterocycles. The van der Waals surface area contributed by atoms with Crippen LogP contribution in [0.4, 0.5) is 0 Å². The van der Waals surface area contributed by atoms with Crippen LogP contribution in [0.1, 0.15) is 335 Å². The number of quaternary nitrogens is 1. The topological polar surface area (TPSA) is 105 Å². The molecule has 0 spiro atoms. The number of carbonyl (C=O) groups excluding carboxylic acids is 1. The monoisotopic (exact) mass is 1090 g/mol. The highest BCUT2D eigenvalue weighted by Gasteiger charge is 2.28. The zero-order valence-electron chi connectivity index (χ0n) is 51.5. The van der Waals surface area contributed by atoms with E-state index in [1.807, 2.05) is 27.2 Å². The van der Waals surface area contributed by atoms with E-state index in [-0.39, 0.29) is 19.1 Å². The quantitative estimate of drug-likeness (QED) is 0.0243. The Bertz CT molecular complexity index is 1330. The summed E-state index contributed by atoms with van der Waals surface area (Å²) in [4.78, 5) is 23.4. The molecule has 0 aromatic rings. The molecule has 0 aliphatic carbocycles. The standard InChI is InChI=1S/C67H131N2O6P/c1-6-8-10-12-14-16-18-20-22-24-26-28-30-32-33-34-35-36-37-39-41-43-45-47-49-51-53-55-57-59-61-67(71)68-65(64-75-76(72,73)74-63-62-69(3,4)5)66(70)60-58-56-54-52-50-48-46-44-42-40-38-31-29-27-25-23-21-19-17-15-13-11-9-7-2/h32-33,50,52,58,60,65-66,70H,6-31,34-49,51,53-57,59,61-64H2,1-5H3,(H-,68,71,72,73)/p+1/b33-32-,52-50+,60-58+. The van der Waals surface area contributed by atoms with Crippen molar-refractivity contribution in [3.05, 3.63) is 36.5 Å². The number of allylic oxidation sites excluding steroid dienone is 5. The molecule has 76 heavy (non-hydrogen) atoms. The second-order valence-electron chi connectivity index (χ2n) is 24.2. The summed E-state index contributed by atoms with van der Waals surface area (Å²) in [5, 5.41) is 14.0. The molecule has 0 fully saturated rings. The van der Waals surface area contributed by atoms with Gasteiger partial charge in [0, 0.05) is 6.42 Å². The number of phosphoric acid groups is 1. The highest BCUT2D eigenvalue weighted by Crippen LogP contribution is 2.43. The molecule has 0 radical (unpaired) electrons. The third-order valence-corrected chi connectivity index (χ3v) is 16.3. The number of phosphoric ester groups is 1. The van der Waals surface area contributed by atoms with E-state index in [1.54, 1.807) is 6.08 Å². The Labute approximate surface area is 474 Å². The summed E-state index contributed by atoms with van der Waals surface area (Å²) in [6, 6.07) is -0.864. The number of nitrogens with zero attached hydrogens (tertiary/aromatic N) is 1. The summed E-state index contributed by atoms with van der Waals surface area (Å²) in [7, 11) is 1.57. The van der Waals surface area contributed by atoms with Gasteiger partial charge in [-0.05, 0) is 57.8 Å². The van der Waals surface area contributed by atoms with Crippen molar-refractivity contribution in [3.63, 3.8) is 0 Å². The molecule has 9 heteroatoms. The van der Waals surface area contributed by atoms with Gasteiger partial charge in [-0.2, -0.15) is 0 Å². The van der Waals surface area contributed by atoms with E-state index in [1.165, 1.54) is 276 Å². The molecule has 3 atom stereocenters. The van der Waals surface area contributed by atoms with Gasteiger partial charge in [0.05, 0.1) is 39.9 Å². The molecule has 0 saturated carbocycles. The smallest absolute Gasteiger partial charge is 0.387 e. The van der Waals surface area contributed by atoms with Crippen LogP contribution in [0.2, 0.25) is 0 Å². The Hall–Kier alpha value is -1.28. The lowest BCUT2D eigenvalue weighted by atomic mass is 10.0. The number of carbonyl (C=O) groups is 1. The first-order chi connectivity index (χ1) is 37.0. The van der Waals surface area contributed by atoms with Crippen molar-refractivity contribution in [2.45, 2.75) is 347 Å². The molecule has 8 nitrogen and oxygen atoms in total. The van der Waals surface area contributed by atoms with Crippen LogP contribution in [-0.4, -0.2) is 73.4 Å². The van der Waals surface area contributed by atoms with E-state index in [9.17, 15) is 19.4 Å². The minimum atomic E-state index is -4.36. The third kappa shape index (κ3) is 60.4. The van der Waals surface area contributed by atoms with Crippen molar-refractivity contribution in [2.24, 2.45) is 0 Å². The first-order valence-corrected chi connectivity index (χ1v) is 34.9. The molecule has 0 aliphatic heterocycles. The zero-order valence-corrected chi connectivity index (χ0v) is 52.4. The average Bonchev–Trinajstić information content (AvgIpc) is 3.38. The molecule has 0 aliphatic rings. The Morgan fingerprint density at radius 3 is 1.05 bits per heavy atom. The minimum Gasteiger partial charge on any atom is -0.387 e. The predicted molar refractivity (Wildman–Crippen MR) is 332 cm³/mol. The van der Waals surface area contributed by atoms with Gasteiger partial charge in [0.2, 0.25) is 5.91 Å². The van der Waals surface area contributed by atoms with Crippen LogP contribution >= 0.6 is 7.82 Å². The second kappa shape index (κ2) is 58.4. The van der Waals surface area contributed by atoms with Crippen LogP contribution < -0.4 is 5.32 Å². The number of amides is 1. The fourth-order valence-electron chi connectivity index (χ4n) is 10.1. The maximum absolute atomic E-state index is 13.0. The first-order valence-electron chi connectivity index (χ1n) is 33.4. The minimum absolute atomic E-state index is 0.0575. The van der Waals surface area contributed by atoms with Crippen LogP contribution in [0.5, 0.6) is 0 Å². The number of unbranched alkanes of at least 4 members (excludes halogenated alkanes) is 45. The molecule has 1 amide bonds. The van der Waals surface area contributed by atoms with E-state index < -0.39 is 20.0 Å². The molecular weight excluding hydrogens is 960 g/mol. The van der Waals surface area contributed by atoms with Gasteiger partial charge in [-0.15, -0.1) is 0 Å². The molecule has 0 aromatic carbocycles. The van der Waals surface area contributed by atoms with Gasteiger partial charge in [0.25, 0.3) is 0 Å². The van der Waals surface area contributed by atoms with Crippen molar-refractivity contribution in [1.29, 1.82) is 0 Å². The Morgan fingerprint density at radius 2 is 0.724 bits per heavy atom. The average molecular weight is 1090 g/mol. The lowest BCUT2D eigenvalue weighted by Gasteiger charge is -2.25. The van der Waals surface area contributed by atoms with Crippen molar-refractivity contribution in [3.8, 4) is 0 Å². The van der Waals surface area contributed by atoms with E-state index in [0.717, 1.165) is 38.5 Å². The summed E-state index contributed by atoms with van der Waals surface area (Å²) < 4.78 is 23.8. The number of aliphatic hydroxyl groups is 1. The SMILES string of the molecule is CCCCCCCCCCCCCC/C=C\CCCCCCCCCCCCCCCCC(=O)NC(COP(=O)(O)OCC[N+](C)(C)C)C(O)/C=C/CC/C=C/CCCCCCCCCCCCCCCCCCCC. The van der Waals surface area contributed by atoms with Crippen molar-refractivity contribution in [1.82, 2.24) is 5.32 Å². The molecule has 3 unspecified atom stereocenters. The lowest BCUT2D eigenvalue weighted by molar-refractivity contribution is -0.870. The number of aliphatic hydroxyl groups excluding tert-OH is 1. The van der Waals surface area contributed by atoms with Gasteiger partial charge >= 0.3 is 7.82 Å². The number of hydrogen-bond donors (Lipinski definition) is 3. The Morgan fingerprint density at radius 1 is 0.434 bits per heavy atom. The lowest BCUT2D eigenvalue weighted by Crippen LogP contribution is -2.45. The Balaban J connectivity index is 4.11. The molecular formula is C67H132N2O6P+. The van der Waals surface area contributed by atoms with Gasteiger partial charge < -0.3 is 19.8 Å². The highest BCUT2D eigenvalue weighted by atomic mass is 31.2. The molecule has 0 aromatic heterocycles. The second-order valence-corrected chi connectivity index (χ2v) is 25.6. The molecule has 0 heterocycles. The van der Waals surface area contributed by atoms with Crippen LogP contribution in [0.15, 0.2) is 36.5 Å². The molecule has 0 bridgehead atoms. The van der Waals surface area contributed by atoms with E-state index in [0.29, 0.717) is 17.4 Å². The van der Waals surface area contributed by atoms with Gasteiger partial charge in [0.15, 0.2) is 0 Å². The molecule has 450 valence electrons. The first kappa shape index (κ1) is 74.7. The fraction of sp³-hybridized carbons (Fsp3) is 0.896.